The molecule has 1 heterocycles. The number of ether oxygens (including phenoxy) is 1. The number of aromatic nitrogens is 1. The largest absolute Gasteiger partial charge is 0.455 e. The third-order valence-electron chi connectivity index (χ3n) is 3.74. The zero-order valence-corrected chi connectivity index (χ0v) is 14.3. The average molecular weight is 376 g/mol. The normalized spacial score (nSPS) is 11.4. The molecule has 0 atom stereocenters. The summed E-state index contributed by atoms with van der Waals surface area (Å²) in [4.78, 5) is 15.6. The first-order valence-corrected chi connectivity index (χ1v) is 7.92. The van der Waals surface area contributed by atoms with Gasteiger partial charge in [0.05, 0.1) is 5.56 Å². The van der Waals surface area contributed by atoms with Gasteiger partial charge in [-0.2, -0.15) is 13.2 Å². The van der Waals surface area contributed by atoms with Crippen LogP contribution in [-0.4, -0.2) is 10.9 Å². The fourth-order valence-corrected chi connectivity index (χ4v) is 2.46. The molecule has 0 aliphatic rings. The number of hydrogen-bond donors (Lipinski definition) is 1. The maximum Gasteiger partial charge on any atom is 0.416 e. The zero-order valence-electron chi connectivity index (χ0n) is 14.3. The SMILES string of the molecule is C=CC(=O)NCc1ccc(Oc2ccc(C(F)(F)F)cc2)c2nc(C)oc12. The van der Waals surface area contributed by atoms with Crippen LogP contribution in [0.2, 0.25) is 0 Å². The van der Waals surface area contributed by atoms with Crippen molar-refractivity contribution in [1.82, 2.24) is 10.3 Å². The molecule has 0 fully saturated rings. The van der Waals surface area contributed by atoms with Crippen LogP contribution in [0.4, 0.5) is 13.2 Å². The van der Waals surface area contributed by atoms with Crippen LogP contribution < -0.4 is 10.1 Å². The Morgan fingerprint density at radius 2 is 1.96 bits per heavy atom. The molecule has 1 N–H and O–H groups in total. The Bertz CT molecular complexity index is 992. The topological polar surface area (TPSA) is 64.4 Å². The third kappa shape index (κ3) is 4.11. The first kappa shape index (κ1) is 18.5. The lowest BCUT2D eigenvalue weighted by Gasteiger charge is -2.10. The number of nitrogens with one attached hydrogen (secondary N) is 1. The number of carbonyl (C=O) groups is 1. The third-order valence-corrected chi connectivity index (χ3v) is 3.74. The molecule has 8 heteroatoms. The molecule has 0 spiro atoms. The van der Waals surface area contributed by atoms with E-state index in [4.69, 9.17) is 9.15 Å². The minimum Gasteiger partial charge on any atom is -0.455 e. The van der Waals surface area contributed by atoms with Gasteiger partial charge >= 0.3 is 6.18 Å². The Morgan fingerprint density at radius 1 is 1.26 bits per heavy atom. The quantitative estimate of drug-likeness (QED) is 0.653. The predicted molar refractivity (Wildman–Crippen MR) is 92.3 cm³/mol. The summed E-state index contributed by atoms with van der Waals surface area (Å²) in [6.07, 6.45) is -3.25. The number of nitrogens with zero attached hydrogens (tertiary/aromatic N) is 1. The Morgan fingerprint density at radius 3 is 2.59 bits per heavy atom. The van der Waals surface area contributed by atoms with E-state index in [0.717, 1.165) is 18.2 Å². The first-order chi connectivity index (χ1) is 12.8. The first-order valence-electron chi connectivity index (χ1n) is 7.92. The van der Waals surface area contributed by atoms with Crippen LogP contribution in [-0.2, 0) is 17.5 Å². The van der Waals surface area contributed by atoms with E-state index in [0.29, 0.717) is 28.3 Å². The summed E-state index contributed by atoms with van der Waals surface area (Å²) in [7, 11) is 0. The summed E-state index contributed by atoms with van der Waals surface area (Å²) in [5.41, 5.74) is 0.769. The van der Waals surface area contributed by atoms with Gasteiger partial charge in [-0.1, -0.05) is 6.58 Å². The number of oxazole rings is 1. The number of carbonyl (C=O) groups excluding carboxylic acids is 1. The van der Waals surface area contributed by atoms with E-state index < -0.39 is 11.7 Å². The van der Waals surface area contributed by atoms with Crippen LogP contribution in [0.3, 0.4) is 0 Å². The predicted octanol–water partition coefficient (Wildman–Crippen LogP) is 4.75. The molecular formula is C19H15F3N2O3. The van der Waals surface area contributed by atoms with Crippen molar-refractivity contribution in [2.24, 2.45) is 0 Å². The number of amides is 1. The van der Waals surface area contributed by atoms with E-state index >= 15 is 0 Å². The van der Waals surface area contributed by atoms with E-state index in [2.05, 4.69) is 16.9 Å². The molecule has 1 aromatic heterocycles. The van der Waals surface area contributed by atoms with E-state index in [9.17, 15) is 18.0 Å². The molecule has 0 aliphatic heterocycles. The smallest absolute Gasteiger partial charge is 0.416 e. The second kappa shape index (κ2) is 7.14. The second-order valence-electron chi connectivity index (χ2n) is 5.68. The molecule has 3 aromatic rings. The number of alkyl halides is 3. The fourth-order valence-electron chi connectivity index (χ4n) is 2.46. The van der Waals surface area contributed by atoms with Crippen molar-refractivity contribution in [3.05, 3.63) is 66.1 Å². The van der Waals surface area contributed by atoms with Crippen LogP contribution in [0.15, 0.2) is 53.5 Å². The summed E-state index contributed by atoms with van der Waals surface area (Å²) in [6.45, 7) is 5.25. The minimum atomic E-state index is -4.41. The molecule has 0 saturated carbocycles. The molecule has 0 saturated heterocycles. The summed E-state index contributed by atoms with van der Waals surface area (Å²) in [6, 6.07) is 7.67. The summed E-state index contributed by atoms with van der Waals surface area (Å²) < 4.78 is 49.2. The number of aryl methyl sites for hydroxylation is 1. The molecule has 3 rings (SSSR count). The Labute approximate surface area is 152 Å². The lowest BCUT2D eigenvalue weighted by atomic mass is 10.1. The maximum atomic E-state index is 12.7. The van der Waals surface area contributed by atoms with Gasteiger partial charge in [-0.25, -0.2) is 4.98 Å². The summed E-state index contributed by atoms with van der Waals surface area (Å²) >= 11 is 0. The number of benzene rings is 2. The van der Waals surface area contributed by atoms with Gasteiger partial charge in [0, 0.05) is 19.0 Å². The maximum absolute atomic E-state index is 12.7. The van der Waals surface area contributed by atoms with Gasteiger partial charge in [0.25, 0.3) is 0 Å². The van der Waals surface area contributed by atoms with Crippen molar-refractivity contribution < 1.29 is 27.1 Å². The Balaban J connectivity index is 1.89. The molecule has 0 unspecified atom stereocenters. The van der Waals surface area contributed by atoms with E-state index in [-0.39, 0.29) is 18.2 Å². The minimum absolute atomic E-state index is 0.205. The molecule has 2 aromatic carbocycles. The van der Waals surface area contributed by atoms with Crippen molar-refractivity contribution in [3.8, 4) is 11.5 Å². The molecular weight excluding hydrogens is 361 g/mol. The van der Waals surface area contributed by atoms with Crippen LogP contribution in [0, 0.1) is 6.92 Å². The van der Waals surface area contributed by atoms with Gasteiger partial charge in [-0.15, -0.1) is 0 Å². The van der Waals surface area contributed by atoms with Crippen molar-refractivity contribution in [2.45, 2.75) is 19.6 Å². The highest BCUT2D eigenvalue weighted by atomic mass is 19.4. The van der Waals surface area contributed by atoms with Crippen LogP contribution in [0.5, 0.6) is 11.5 Å². The van der Waals surface area contributed by atoms with Crippen LogP contribution >= 0.6 is 0 Å². The van der Waals surface area contributed by atoms with Gasteiger partial charge in [0.1, 0.15) is 5.75 Å². The number of rotatable bonds is 5. The fraction of sp³-hybridized carbons (Fsp3) is 0.158. The summed E-state index contributed by atoms with van der Waals surface area (Å²) in [5.74, 6) is 0.632. The highest BCUT2D eigenvalue weighted by Crippen LogP contribution is 2.34. The highest BCUT2D eigenvalue weighted by Gasteiger charge is 2.30. The van der Waals surface area contributed by atoms with Crippen molar-refractivity contribution >= 4 is 17.0 Å². The lowest BCUT2D eigenvalue weighted by molar-refractivity contribution is -0.137. The van der Waals surface area contributed by atoms with E-state index in [1.165, 1.54) is 12.1 Å². The van der Waals surface area contributed by atoms with Gasteiger partial charge < -0.3 is 14.5 Å². The molecule has 140 valence electrons. The monoisotopic (exact) mass is 376 g/mol. The van der Waals surface area contributed by atoms with E-state index in [1.54, 1.807) is 19.1 Å². The molecule has 1 amide bonds. The zero-order chi connectivity index (χ0) is 19.6. The molecule has 0 radical (unpaired) electrons. The standard InChI is InChI=1S/C19H15F3N2O3/c1-3-16(25)23-10-12-4-9-15(17-18(12)26-11(2)24-17)27-14-7-5-13(6-8-14)19(20,21)22/h3-9H,1,10H2,2H3,(H,23,25). The Kier molecular flexibility index (Phi) is 4.89. The van der Waals surface area contributed by atoms with Crippen LogP contribution in [0.1, 0.15) is 17.0 Å². The van der Waals surface area contributed by atoms with Gasteiger partial charge in [-0.3, -0.25) is 4.79 Å². The lowest BCUT2D eigenvalue weighted by Crippen LogP contribution is -2.19. The van der Waals surface area contributed by atoms with Crippen molar-refractivity contribution in [1.29, 1.82) is 0 Å². The van der Waals surface area contributed by atoms with Crippen LogP contribution in [0.25, 0.3) is 11.1 Å². The van der Waals surface area contributed by atoms with Gasteiger partial charge in [0.2, 0.25) is 5.91 Å². The molecule has 0 aliphatic carbocycles. The van der Waals surface area contributed by atoms with E-state index in [1.807, 2.05) is 0 Å². The number of fused-ring (bicyclic) bond motifs is 1. The van der Waals surface area contributed by atoms with Crippen molar-refractivity contribution in [3.63, 3.8) is 0 Å². The summed E-state index contributed by atoms with van der Waals surface area (Å²) in [5, 5.41) is 2.65. The number of halogens is 3. The number of hydrogen-bond acceptors (Lipinski definition) is 4. The van der Waals surface area contributed by atoms with Gasteiger partial charge in [0.15, 0.2) is 22.7 Å². The Hall–Kier alpha value is -3.29. The second-order valence-corrected chi connectivity index (χ2v) is 5.68. The molecule has 5 nitrogen and oxygen atoms in total. The molecule has 0 bridgehead atoms. The molecule has 27 heavy (non-hydrogen) atoms. The van der Waals surface area contributed by atoms with Gasteiger partial charge in [-0.05, 0) is 42.5 Å². The van der Waals surface area contributed by atoms with Crippen molar-refractivity contribution in [2.75, 3.05) is 0 Å². The average Bonchev–Trinajstić information content (AvgIpc) is 3.02. The highest BCUT2D eigenvalue weighted by molar-refractivity contribution is 5.88.